The molecule has 1 saturated heterocycles. The quantitative estimate of drug-likeness (QED) is 0.305. The highest BCUT2D eigenvalue weighted by Gasteiger charge is 2.29. The number of anilines is 1. The fraction of sp³-hybridized carbons (Fsp3) is 0.387. The molecule has 42 heavy (non-hydrogen) atoms. The molecule has 0 spiro atoms. The van der Waals surface area contributed by atoms with Gasteiger partial charge in [-0.25, -0.2) is 14.6 Å². The number of amides is 1. The molecule has 2 N–H and O–H groups in total. The molecule has 2 aromatic carbocycles. The Bertz CT molecular complexity index is 1730. The maximum absolute atomic E-state index is 12.8. The molecule has 0 aliphatic carbocycles. The Kier molecular flexibility index (Phi) is 8.28. The number of carbonyl (C=O) groups is 2. The first kappa shape index (κ1) is 28.8. The Morgan fingerprint density at radius 3 is 2.36 bits per heavy atom. The zero-order valence-corrected chi connectivity index (χ0v) is 24.2. The van der Waals surface area contributed by atoms with Crippen LogP contribution in [0.2, 0.25) is 0 Å². The van der Waals surface area contributed by atoms with Crippen molar-refractivity contribution >= 4 is 28.7 Å². The topological polar surface area (TPSA) is 134 Å². The first-order chi connectivity index (χ1) is 20.2. The molecule has 1 aliphatic heterocycles. The Labute approximate surface area is 243 Å². The van der Waals surface area contributed by atoms with Crippen molar-refractivity contribution < 1.29 is 14.3 Å². The molecule has 2 aromatic heterocycles. The summed E-state index contributed by atoms with van der Waals surface area (Å²) in [6.07, 6.45) is 4.98. The summed E-state index contributed by atoms with van der Waals surface area (Å²) in [6.45, 7) is 4.19. The van der Waals surface area contributed by atoms with Crippen LogP contribution in [-0.2, 0) is 30.2 Å². The van der Waals surface area contributed by atoms with Gasteiger partial charge < -0.3 is 19.9 Å². The lowest BCUT2D eigenvalue weighted by atomic mass is 9.81. The van der Waals surface area contributed by atoms with Gasteiger partial charge in [0, 0.05) is 32.9 Å². The van der Waals surface area contributed by atoms with Crippen LogP contribution in [0.25, 0.3) is 11.2 Å². The van der Waals surface area contributed by atoms with Crippen LogP contribution in [0, 0.1) is 0 Å². The maximum atomic E-state index is 12.8. The molecule has 11 heteroatoms. The number of nitrogens with zero attached hydrogens (tertiary/aromatic N) is 5. The van der Waals surface area contributed by atoms with Crippen LogP contribution in [0.5, 0.6) is 0 Å². The van der Waals surface area contributed by atoms with Gasteiger partial charge in [0.1, 0.15) is 6.61 Å². The number of hydrogen-bond acceptors (Lipinski definition) is 7. The van der Waals surface area contributed by atoms with Crippen LogP contribution in [0.3, 0.4) is 0 Å². The molecule has 1 amide bonds. The summed E-state index contributed by atoms with van der Waals surface area (Å²) < 4.78 is 9.34. The first-order valence-corrected chi connectivity index (χ1v) is 14.2. The molecular weight excluding hydrogens is 536 g/mol. The number of nitrogens with two attached hydrogens (primary N) is 1. The van der Waals surface area contributed by atoms with E-state index in [-0.39, 0.29) is 30.2 Å². The second-order valence-electron chi connectivity index (χ2n) is 10.8. The van der Waals surface area contributed by atoms with E-state index in [0.717, 1.165) is 47.3 Å². The van der Waals surface area contributed by atoms with Gasteiger partial charge in [-0.3, -0.25) is 18.7 Å². The van der Waals surface area contributed by atoms with Crippen molar-refractivity contribution in [1.82, 2.24) is 18.7 Å². The number of piperidine rings is 1. The predicted molar refractivity (Wildman–Crippen MR) is 160 cm³/mol. The molecule has 1 fully saturated rings. The van der Waals surface area contributed by atoms with E-state index >= 15 is 0 Å². The smallest absolute Gasteiger partial charge is 0.338 e. The van der Waals surface area contributed by atoms with E-state index in [4.69, 9.17) is 10.5 Å². The molecule has 4 aromatic rings. The number of esters is 1. The van der Waals surface area contributed by atoms with Crippen molar-refractivity contribution in [3.63, 3.8) is 0 Å². The van der Waals surface area contributed by atoms with Gasteiger partial charge in [-0.1, -0.05) is 37.3 Å². The van der Waals surface area contributed by atoms with Crippen LogP contribution < -0.4 is 21.9 Å². The van der Waals surface area contributed by atoms with E-state index in [9.17, 15) is 19.2 Å². The van der Waals surface area contributed by atoms with Crippen molar-refractivity contribution in [2.45, 2.75) is 44.6 Å². The van der Waals surface area contributed by atoms with Crippen LogP contribution in [0.4, 0.5) is 5.69 Å². The highest BCUT2D eigenvalue weighted by atomic mass is 16.5. The molecule has 0 radical (unpaired) electrons. The third kappa shape index (κ3) is 5.46. The van der Waals surface area contributed by atoms with Gasteiger partial charge in [0.2, 0.25) is 5.91 Å². The maximum Gasteiger partial charge on any atom is 0.338 e. The van der Waals surface area contributed by atoms with Crippen molar-refractivity contribution in [3.8, 4) is 0 Å². The minimum absolute atomic E-state index is 0.00767. The lowest BCUT2D eigenvalue weighted by Crippen LogP contribution is -2.37. The Balaban J connectivity index is 1.28. The second-order valence-corrected chi connectivity index (χ2v) is 10.8. The molecule has 220 valence electrons. The summed E-state index contributed by atoms with van der Waals surface area (Å²) in [5.74, 6) is -1.71. The normalized spacial score (nSPS) is 15.0. The Morgan fingerprint density at radius 1 is 0.976 bits per heavy atom. The molecular formula is C31H36N6O5. The van der Waals surface area contributed by atoms with E-state index in [2.05, 4.69) is 22.0 Å². The molecule has 1 aliphatic rings. The van der Waals surface area contributed by atoms with Gasteiger partial charge in [-0.05, 0) is 54.5 Å². The fourth-order valence-corrected chi connectivity index (χ4v) is 5.89. The summed E-state index contributed by atoms with van der Waals surface area (Å²) >= 11 is 0. The number of para-hydroxylation sites is 1. The van der Waals surface area contributed by atoms with Gasteiger partial charge >= 0.3 is 11.7 Å². The number of carbonyl (C=O) groups excluding carboxylic acids is 2. The lowest BCUT2D eigenvalue weighted by molar-refractivity contribution is -0.119. The summed E-state index contributed by atoms with van der Waals surface area (Å²) in [4.78, 5) is 56.8. The number of ether oxygens (including phenoxy) is 1. The van der Waals surface area contributed by atoms with Crippen LogP contribution in [-0.4, -0.2) is 50.3 Å². The molecule has 2 unspecified atom stereocenters. The third-order valence-electron chi connectivity index (χ3n) is 8.22. The zero-order valence-electron chi connectivity index (χ0n) is 24.2. The number of rotatable bonds is 9. The van der Waals surface area contributed by atoms with Crippen LogP contribution in [0.1, 0.15) is 59.5 Å². The third-order valence-corrected chi connectivity index (χ3v) is 8.22. The molecule has 11 nitrogen and oxygen atoms in total. The minimum Gasteiger partial charge on any atom is -0.460 e. The van der Waals surface area contributed by atoms with Crippen molar-refractivity contribution in [2.75, 3.05) is 24.6 Å². The highest BCUT2D eigenvalue weighted by Crippen LogP contribution is 2.38. The SMILES string of the molecule is CC(c1ccccc1N1CCCCC1)C(C(N)=O)c1ccc(C(=O)OCCn2cnc3c2c(=O)n(C)c(=O)n3C)cc1. The summed E-state index contributed by atoms with van der Waals surface area (Å²) in [5.41, 5.74) is 8.79. The molecule has 0 bridgehead atoms. The number of fused-ring (bicyclic) bond motifs is 1. The van der Waals surface area contributed by atoms with E-state index in [0.29, 0.717) is 5.56 Å². The summed E-state index contributed by atoms with van der Waals surface area (Å²) in [7, 11) is 2.95. The average molecular weight is 573 g/mol. The molecule has 5 rings (SSSR count). The highest BCUT2D eigenvalue weighted by molar-refractivity contribution is 5.90. The Morgan fingerprint density at radius 2 is 1.67 bits per heavy atom. The van der Waals surface area contributed by atoms with Gasteiger partial charge in [0.05, 0.1) is 24.4 Å². The van der Waals surface area contributed by atoms with Crippen LogP contribution >= 0.6 is 0 Å². The molecule has 2 atom stereocenters. The van der Waals surface area contributed by atoms with Gasteiger partial charge in [-0.15, -0.1) is 0 Å². The standard InChI is InChI=1S/C31H36N6O5/c1-20(23-9-5-6-10-24(23)36-15-7-4-8-16-36)25(27(32)38)21-11-13-22(14-12-21)30(40)42-18-17-37-19-33-28-26(37)29(39)35(3)31(41)34(28)2/h5-6,9-14,19-20,25H,4,7-8,15-18H2,1-3H3,(H2,32,38). The summed E-state index contributed by atoms with van der Waals surface area (Å²) in [6, 6.07) is 15.0. The fourth-order valence-electron chi connectivity index (χ4n) is 5.89. The van der Waals surface area contributed by atoms with Gasteiger partial charge in [0.25, 0.3) is 5.56 Å². The number of hydrogen-bond donors (Lipinski definition) is 1. The van der Waals surface area contributed by atoms with Crippen molar-refractivity contribution in [3.05, 3.63) is 92.4 Å². The van der Waals surface area contributed by atoms with E-state index in [1.807, 2.05) is 19.1 Å². The van der Waals surface area contributed by atoms with Gasteiger partial charge in [-0.2, -0.15) is 0 Å². The first-order valence-electron chi connectivity index (χ1n) is 14.2. The predicted octanol–water partition coefficient (Wildman–Crippen LogP) is 2.65. The number of benzene rings is 2. The average Bonchev–Trinajstić information content (AvgIpc) is 3.43. The molecule has 3 heterocycles. The Hall–Kier alpha value is -4.67. The van der Waals surface area contributed by atoms with Gasteiger partial charge in [0.15, 0.2) is 11.2 Å². The minimum atomic E-state index is -0.575. The van der Waals surface area contributed by atoms with Crippen molar-refractivity contribution in [2.24, 2.45) is 19.8 Å². The zero-order chi connectivity index (χ0) is 30.0. The van der Waals surface area contributed by atoms with Crippen LogP contribution in [0.15, 0.2) is 64.4 Å². The largest absolute Gasteiger partial charge is 0.460 e. The number of primary amides is 1. The molecule has 0 saturated carbocycles. The van der Waals surface area contributed by atoms with Crippen molar-refractivity contribution in [1.29, 1.82) is 0 Å². The van der Waals surface area contributed by atoms with E-state index in [1.54, 1.807) is 35.9 Å². The number of imidazole rings is 1. The van der Waals surface area contributed by atoms with E-state index < -0.39 is 29.0 Å². The second kappa shape index (κ2) is 12.1. The number of aromatic nitrogens is 4. The monoisotopic (exact) mass is 572 g/mol. The van der Waals surface area contributed by atoms with E-state index in [1.165, 1.54) is 24.4 Å². The summed E-state index contributed by atoms with van der Waals surface area (Å²) in [5, 5.41) is 0. The number of aryl methyl sites for hydroxylation is 1. The lowest BCUT2D eigenvalue weighted by Gasteiger charge is -2.33.